The summed E-state index contributed by atoms with van der Waals surface area (Å²) >= 11 is 5.89. The van der Waals surface area contributed by atoms with Crippen molar-refractivity contribution in [1.82, 2.24) is 5.32 Å². The second-order valence-electron chi connectivity index (χ2n) is 4.05. The number of carbonyl (C=O) groups is 1. The van der Waals surface area contributed by atoms with Gasteiger partial charge in [0.2, 0.25) is 0 Å². The molecule has 0 spiro atoms. The summed E-state index contributed by atoms with van der Waals surface area (Å²) in [5.41, 5.74) is 0.899. The second-order valence-corrected chi connectivity index (χ2v) is 4.46. The quantitative estimate of drug-likeness (QED) is 0.831. The molecule has 0 aromatic heterocycles. The Bertz CT molecular complexity index is 405. The number of aliphatic hydroxyl groups excluding tert-OH is 1. The Labute approximate surface area is 112 Å². The summed E-state index contributed by atoms with van der Waals surface area (Å²) in [7, 11) is 0. The van der Waals surface area contributed by atoms with E-state index < -0.39 is 0 Å². The summed E-state index contributed by atoms with van der Waals surface area (Å²) in [6.45, 7) is 3.62. The van der Waals surface area contributed by atoms with Gasteiger partial charge in [-0.3, -0.25) is 4.79 Å². The van der Waals surface area contributed by atoms with Crippen LogP contribution in [0.4, 0.5) is 0 Å². The van der Waals surface area contributed by atoms with E-state index in [9.17, 15) is 4.79 Å². The molecule has 2 N–H and O–H groups in total. The van der Waals surface area contributed by atoms with Gasteiger partial charge in [0.05, 0.1) is 12.6 Å². The zero-order chi connectivity index (χ0) is 13.5. The molecule has 4 nitrogen and oxygen atoms in total. The van der Waals surface area contributed by atoms with Gasteiger partial charge in [0.1, 0.15) is 5.75 Å². The van der Waals surface area contributed by atoms with Crippen LogP contribution in [0.15, 0.2) is 18.2 Å². The molecule has 0 bridgehead atoms. The molecule has 0 aliphatic rings. The largest absolute Gasteiger partial charge is 0.484 e. The molecule has 100 valence electrons. The molecule has 0 radical (unpaired) electrons. The van der Waals surface area contributed by atoms with Gasteiger partial charge in [0.15, 0.2) is 6.61 Å². The fraction of sp³-hybridized carbons (Fsp3) is 0.462. The van der Waals surface area contributed by atoms with E-state index >= 15 is 0 Å². The molecule has 1 aromatic rings. The van der Waals surface area contributed by atoms with Crippen molar-refractivity contribution in [3.63, 3.8) is 0 Å². The van der Waals surface area contributed by atoms with E-state index in [-0.39, 0.29) is 25.2 Å². The standard InChI is InChI=1S/C13H18ClNO3/c1-3-10(7-16)15-13(17)8-18-11-4-5-12(14)9(2)6-11/h4-6,10,16H,3,7-8H2,1-2H3,(H,15,17)/t10-/m1/s1. The number of aliphatic hydroxyl groups is 1. The number of hydrogen-bond acceptors (Lipinski definition) is 3. The van der Waals surface area contributed by atoms with Gasteiger partial charge in [0, 0.05) is 5.02 Å². The molecule has 1 atom stereocenters. The van der Waals surface area contributed by atoms with Crippen LogP contribution in [-0.2, 0) is 4.79 Å². The first-order valence-corrected chi connectivity index (χ1v) is 6.23. The smallest absolute Gasteiger partial charge is 0.258 e. The minimum absolute atomic E-state index is 0.0672. The molecular weight excluding hydrogens is 254 g/mol. The summed E-state index contributed by atoms with van der Waals surface area (Å²) < 4.78 is 5.34. The van der Waals surface area contributed by atoms with Crippen molar-refractivity contribution in [3.8, 4) is 5.75 Å². The maximum absolute atomic E-state index is 11.5. The highest BCUT2D eigenvalue weighted by Crippen LogP contribution is 2.20. The zero-order valence-corrected chi connectivity index (χ0v) is 11.3. The molecule has 0 aliphatic heterocycles. The van der Waals surface area contributed by atoms with E-state index in [4.69, 9.17) is 21.4 Å². The lowest BCUT2D eigenvalue weighted by atomic mass is 10.2. The fourth-order valence-corrected chi connectivity index (χ4v) is 1.52. The van der Waals surface area contributed by atoms with Crippen molar-refractivity contribution < 1.29 is 14.6 Å². The Morgan fingerprint density at radius 1 is 1.56 bits per heavy atom. The van der Waals surface area contributed by atoms with Crippen molar-refractivity contribution in [1.29, 1.82) is 0 Å². The Hall–Kier alpha value is -1.26. The van der Waals surface area contributed by atoms with E-state index in [1.807, 2.05) is 13.8 Å². The van der Waals surface area contributed by atoms with Gasteiger partial charge < -0.3 is 15.2 Å². The highest BCUT2D eigenvalue weighted by Gasteiger charge is 2.09. The second kappa shape index (κ2) is 7.24. The van der Waals surface area contributed by atoms with Crippen LogP contribution in [0.1, 0.15) is 18.9 Å². The van der Waals surface area contributed by atoms with Crippen molar-refractivity contribution in [2.45, 2.75) is 26.3 Å². The van der Waals surface area contributed by atoms with Crippen LogP contribution in [-0.4, -0.2) is 30.3 Å². The number of aryl methyl sites for hydroxylation is 1. The van der Waals surface area contributed by atoms with E-state index in [1.54, 1.807) is 18.2 Å². The maximum Gasteiger partial charge on any atom is 0.258 e. The molecule has 1 aromatic carbocycles. The highest BCUT2D eigenvalue weighted by molar-refractivity contribution is 6.31. The third-order valence-corrected chi connectivity index (χ3v) is 3.00. The van der Waals surface area contributed by atoms with Crippen LogP contribution < -0.4 is 10.1 Å². The normalized spacial score (nSPS) is 12.0. The molecule has 0 saturated heterocycles. The van der Waals surface area contributed by atoms with Crippen LogP contribution >= 0.6 is 11.6 Å². The molecule has 18 heavy (non-hydrogen) atoms. The Kier molecular flexibility index (Phi) is 5.95. The van der Waals surface area contributed by atoms with Crippen LogP contribution in [0.5, 0.6) is 5.75 Å². The number of halogens is 1. The van der Waals surface area contributed by atoms with Crippen LogP contribution in [0, 0.1) is 6.92 Å². The molecule has 0 heterocycles. The third-order valence-electron chi connectivity index (χ3n) is 2.58. The third kappa shape index (κ3) is 4.55. The minimum Gasteiger partial charge on any atom is -0.484 e. The molecular formula is C13H18ClNO3. The zero-order valence-electron chi connectivity index (χ0n) is 10.6. The number of amides is 1. The van der Waals surface area contributed by atoms with Gasteiger partial charge in [-0.1, -0.05) is 18.5 Å². The SMILES string of the molecule is CC[C@H](CO)NC(=O)COc1ccc(Cl)c(C)c1. The fourth-order valence-electron chi connectivity index (χ4n) is 1.40. The summed E-state index contributed by atoms with van der Waals surface area (Å²) in [4.78, 5) is 11.5. The first-order chi connectivity index (χ1) is 8.56. The molecule has 1 amide bonds. The van der Waals surface area contributed by atoms with Crippen molar-refractivity contribution in [2.75, 3.05) is 13.2 Å². The predicted octanol–water partition coefficient (Wildman–Crippen LogP) is 1.91. The topological polar surface area (TPSA) is 58.6 Å². The van der Waals surface area contributed by atoms with E-state index in [1.165, 1.54) is 0 Å². The van der Waals surface area contributed by atoms with Crippen molar-refractivity contribution in [3.05, 3.63) is 28.8 Å². The molecule has 1 rings (SSSR count). The first kappa shape index (κ1) is 14.8. The molecule has 0 saturated carbocycles. The van der Waals surface area contributed by atoms with E-state index in [0.29, 0.717) is 17.2 Å². The van der Waals surface area contributed by atoms with Gasteiger partial charge in [-0.05, 0) is 37.1 Å². The van der Waals surface area contributed by atoms with Gasteiger partial charge >= 0.3 is 0 Å². The Balaban J connectivity index is 2.44. The monoisotopic (exact) mass is 271 g/mol. The summed E-state index contributed by atoms with van der Waals surface area (Å²) in [5.74, 6) is 0.354. The van der Waals surface area contributed by atoms with Gasteiger partial charge in [-0.25, -0.2) is 0 Å². The number of ether oxygens (including phenoxy) is 1. The Morgan fingerprint density at radius 2 is 2.28 bits per heavy atom. The van der Waals surface area contributed by atoms with E-state index in [0.717, 1.165) is 5.56 Å². The molecule has 0 aliphatic carbocycles. The van der Waals surface area contributed by atoms with Gasteiger partial charge in [-0.2, -0.15) is 0 Å². The lowest BCUT2D eigenvalue weighted by Crippen LogP contribution is -2.39. The van der Waals surface area contributed by atoms with Gasteiger partial charge in [0.25, 0.3) is 5.91 Å². The first-order valence-electron chi connectivity index (χ1n) is 5.86. The number of rotatable bonds is 6. The van der Waals surface area contributed by atoms with Crippen LogP contribution in [0.3, 0.4) is 0 Å². The van der Waals surface area contributed by atoms with Crippen LogP contribution in [0.25, 0.3) is 0 Å². The Morgan fingerprint density at radius 3 is 2.83 bits per heavy atom. The average Bonchev–Trinajstić information content (AvgIpc) is 2.37. The van der Waals surface area contributed by atoms with Crippen molar-refractivity contribution in [2.24, 2.45) is 0 Å². The molecule has 0 unspecified atom stereocenters. The van der Waals surface area contributed by atoms with E-state index in [2.05, 4.69) is 5.32 Å². The molecule has 5 heteroatoms. The number of hydrogen-bond donors (Lipinski definition) is 2. The highest BCUT2D eigenvalue weighted by atomic mass is 35.5. The predicted molar refractivity (Wildman–Crippen MR) is 71.0 cm³/mol. The minimum atomic E-state index is -0.247. The average molecular weight is 272 g/mol. The maximum atomic E-state index is 11.5. The number of carbonyl (C=O) groups excluding carboxylic acids is 1. The number of nitrogens with one attached hydrogen (secondary N) is 1. The van der Waals surface area contributed by atoms with Crippen LogP contribution in [0.2, 0.25) is 5.02 Å². The lowest BCUT2D eigenvalue weighted by Gasteiger charge is -2.14. The number of benzene rings is 1. The summed E-state index contributed by atoms with van der Waals surface area (Å²) in [6.07, 6.45) is 0.683. The van der Waals surface area contributed by atoms with Gasteiger partial charge in [-0.15, -0.1) is 0 Å². The summed E-state index contributed by atoms with van der Waals surface area (Å²) in [6, 6.07) is 5.01. The lowest BCUT2D eigenvalue weighted by molar-refractivity contribution is -0.124. The summed E-state index contributed by atoms with van der Waals surface area (Å²) in [5, 5.41) is 12.3. The van der Waals surface area contributed by atoms with Crippen molar-refractivity contribution >= 4 is 17.5 Å². The molecule has 0 fully saturated rings.